The third-order valence-electron chi connectivity index (χ3n) is 2.16. The lowest BCUT2D eigenvalue weighted by Crippen LogP contribution is -2.46. The van der Waals surface area contributed by atoms with E-state index in [9.17, 15) is 13.2 Å². The average Bonchev–Trinajstić information content (AvgIpc) is 1.91. The molecule has 2 nitrogen and oxygen atoms in total. The Morgan fingerprint density at radius 3 is 2.58 bits per heavy atom. The monoisotopic (exact) mass is 182 g/mol. The fourth-order valence-electron chi connectivity index (χ4n) is 1.46. The van der Waals surface area contributed by atoms with Gasteiger partial charge in [-0.25, -0.2) is 0 Å². The highest BCUT2D eigenvalue weighted by molar-refractivity contribution is 4.82. The molecule has 1 rings (SSSR count). The van der Waals surface area contributed by atoms with Crippen LogP contribution in [0.5, 0.6) is 0 Å². The molecule has 0 bridgehead atoms. The highest BCUT2D eigenvalue weighted by Crippen LogP contribution is 2.27. The van der Waals surface area contributed by atoms with E-state index in [0.29, 0.717) is 13.0 Å². The van der Waals surface area contributed by atoms with Gasteiger partial charge in [-0.2, -0.15) is 13.2 Å². The van der Waals surface area contributed by atoms with Crippen molar-refractivity contribution in [3.63, 3.8) is 0 Å². The topological polar surface area (TPSA) is 38.0 Å². The van der Waals surface area contributed by atoms with Crippen LogP contribution in [-0.4, -0.2) is 25.3 Å². The van der Waals surface area contributed by atoms with Crippen LogP contribution >= 0.6 is 0 Å². The van der Waals surface area contributed by atoms with Gasteiger partial charge >= 0.3 is 6.18 Å². The predicted molar refractivity (Wildman–Crippen MR) is 39.6 cm³/mol. The first-order valence-corrected chi connectivity index (χ1v) is 4.02. The van der Waals surface area contributed by atoms with Crippen LogP contribution in [0.2, 0.25) is 0 Å². The van der Waals surface area contributed by atoms with Gasteiger partial charge < -0.3 is 11.1 Å². The summed E-state index contributed by atoms with van der Waals surface area (Å²) in [5, 5.41) is 2.91. The molecule has 5 heteroatoms. The van der Waals surface area contributed by atoms with Gasteiger partial charge in [0.1, 0.15) is 0 Å². The quantitative estimate of drug-likeness (QED) is 0.631. The molecule has 1 fully saturated rings. The normalized spacial score (nSPS) is 32.0. The summed E-state index contributed by atoms with van der Waals surface area (Å²) in [6.07, 6.45) is -4.21. The molecule has 0 saturated carbocycles. The van der Waals surface area contributed by atoms with Gasteiger partial charge in [-0.1, -0.05) is 0 Å². The van der Waals surface area contributed by atoms with Crippen LogP contribution in [0.1, 0.15) is 12.8 Å². The minimum Gasteiger partial charge on any atom is -0.327 e. The van der Waals surface area contributed by atoms with E-state index in [2.05, 4.69) is 5.32 Å². The van der Waals surface area contributed by atoms with Crippen molar-refractivity contribution in [2.45, 2.75) is 25.1 Å². The van der Waals surface area contributed by atoms with Gasteiger partial charge in [0.25, 0.3) is 0 Å². The van der Waals surface area contributed by atoms with Crippen LogP contribution in [0.4, 0.5) is 13.2 Å². The number of nitrogens with two attached hydrogens (primary N) is 1. The molecule has 12 heavy (non-hydrogen) atoms. The van der Waals surface area contributed by atoms with Crippen molar-refractivity contribution in [1.29, 1.82) is 0 Å². The lowest BCUT2D eigenvalue weighted by atomic mass is 9.91. The Hall–Kier alpha value is -0.290. The molecule has 0 aromatic rings. The fraction of sp³-hybridized carbons (Fsp3) is 1.00. The number of piperidine rings is 1. The van der Waals surface area contributed by atoms with Gasteiger partial charge in [-0.05, 0) is 25.4 Å². The maximum Gasteiger partial charge on any atom is 0.389 e. The summed E-state index contributed by atoms with van der Waals surface area (Å²) >= 11 is 0. The molecule has 3 N–H and O–H groups in total. The summed E-state index contributed by atoms with van der Waals surface area (Å²) in [5.74, 6) is -0.446. The Balaban J connectivity index is 2.39. The molecule has 0 amide bonds. The Kier molecular flexibility index (Phi) is 2.95. The van der Waals surface area contributed by atoms with E-state index in [1.54, 1.807) is 0 Å². The molecular weight excluding hydrogens is 169 g/mol. The first-order valence-electron chi connectivity index (χ1n) is 4.02. The van der Waals surface area contributed by atoms with E-state index in [0.717, 1.165) is 6.54 Å². The van der Waals surface area contributed by atoms with E-state index in [4.69, 9.17) is 5.73 Å². The Morgan fingerprint density at radius 1 is 1.42 bits per heavy atom. The number of alkyl halides is 3. The summed E-state index contributed by atoms with van der Waals surface area (Å²) in [5.41, 5.74) is 5.55. The molecule has 1 aliphatic heterocycles. The fourth-order valence-corrected chi connectivity index (χ4v) is 1.46. The molecule has 72 valence electrons. The van der Waals surface area contributed by atoms with Crippen molar-refractivity contribution >= 4 is 0 Å². The third kappa shape index (κ3) is 2.98. The minimum atomic E-state index is -4.08. The van der Waals surface area contributed by atoms with Crippen LogP contribution in [0.15, 0.2) is 0 Å². The SMILES string of the molecule is NC1CCNCC1CC(F)(F)F. The van der Waals surface area contributed by atoms with Crippen molar-refractivity contribution in [3.05, 3.63) is 0 Å². The van der Waals surface area contributed by atoms with Gasteiger partial charge in [-0.3, -0.25) is 0 Å². The van der Waals surface area contributed by atoms with Crippen molar-refractivity contribution < 1.29 is 13.2 Å². The van der Waals surface area contributed by atoms with Gasteiger partial charge in [-0.15, -0.1) is 0 Å². The maximum atomic E-state index is 11.9. The summed E-state index contributed by atoms with van der Waals surface area (Å²) in [7, 11) is 0. The second-order valence-corrected chi connectivity index (χ2v) is 3.24. The Bertz CT molecular complexity index is 146. The van der Waals surface area contributed by atoms with Crippen molar-refractivity contribution in [2.75, 3.05) is 13.1 Å². The molecule has 0 aromatic carbocycles. The van der Waals surface area contributed by atoms with E-state index in [1.165, 1.54) is 0 Å². The highest BCUT2D eigenvalue weighted by atomic mass is 19.4. The molecule has 1 heterocycles. The number of hydrogen-bond acceptors (Lipinski definition) is 2. The number of hydrogen-bond donors (Lipinski definition) is 2. The van der Waals surface area contributed by atoms with Crippen molar-refractivity contribution in [1.82, 2.24) is 5.32 Å². The van der Waals surface area contributed by atoms with Crippen LogP contribution in [0, 0.1) is 5.92 Å². The number of halogens is 3. The summed E-state index contributed by atoms with van der Waals surface area (Å²) < 4.78 is 35.8. The van der Waals surface area contributed by atoms with Crippen LogP contribution < -0.4 is 11.1 Å². The molecule has 1 saturated heterocycles. The lowest BCUT2D eigenvalue weighted by Gasteiger charge is -2.29. The average molecular weight is 182 g/mol. The molecular formula is C7H13F3N2. The molecule has 0 radical (unpaired) electrons. The van der Waals surface area contributed by atoms with Gasteiger partial charge in [0, 0.05) is 12.5 Å². The van der Waals surface area contributed by atoms with E-state index in [1.807, 2.05) is 0 Å². The molecule has 0 aliphatic carbocycles. The molecule has 1 aliphatic rings. The largest absolute Gasteiger partial charge is 0.389 e. The predicted octanol–water partition coefficient (Wildman–Crippen LogP) is 0.876. The van der Waals surface area contributed by atoms with Crippen LogP contribution in [0.25, 0.3) is 0 Å². The molecule has 0 spiro atoms. The smallest absolute Gasteiger partial charge is 0.327 e. The Labute approximate surface area is 69.3 Å². The van der Waals surface area contributed by atoms with Crippen molar-refractivity contribution in [3.8, 4) is 0 Å². The van der Waals surface area contributed by atoms with E-state index >= 15 is 0 Å². The molecule has 2 unspecified atom stereocenters. The molecule has 0 aromatic heterocycles. The number of rotatable bonds is 1. The summed E-state index contributed by atoms with van der Waals surface area (Å²) in [4.78, 5) is 0. The zero-order chi connectivity index (χ0) is 9.19. The zero-order valence-electron chi connectivity index (χ0n) is 6.69. The van der Waals surface area contributed by atoms with Gasteiger partial charge in [0.15, 0.2) is 0 Å². The van der Waals surface area contributed by atoms with E-state index < -0.39 is 18.5 Å². The van der Waals surface area contributed by atoms with Gasteiger partial charge in [0.2, 0.25) is 0 Å². The highest BCUT2D eigenvalue weighted by Gasteiger charge is 2.35. The maximum absolute atomic E-state index is 11.9. The standard InChI is InChI=1S/C7H13F3N2/c8-7(9,10)3-5-4-12-2-1-6(5)11/h5-6,12H,1-4,11H2. The van der Waals surface area contributed by atoms with Crippen molar-refractivity contribution in [2.24, 2.45) is 11.7 Å². The van der Waals surface area contributed by atoms with Crippen LogP contribution in [-0.2, 0) is 0 Å². The summed E-state index contributed by atoms with van der Waals surface area (Å²) in [6, 6.07) is -0.298. The van der Waals surface area contributed by atoms with E-state index in [-0.39, 0.29) is 6.04 Å². The van der Waals surface area contributed by atoms with Gasteiger partial charge in [0.05, 0.1) is 0 Å². The first-order chi connectivity index (χ1) is 5.49. The first kappa shape index (κ1) is 9.80. The molecule has 2 atom stereocenters. The van der Waals surface area contributed by atoms with Crippen LogP contribution in [0.3, 0.4) is 0 Å². The second kappa shape index (κ2) is 3.62. The second-order valence-electron chi connectivity index (χ2n) is 3.24. The lowest BCUT2D eigenvalue weighted by molar-refractivity contribution is -0.146. The Morgan fingerprint density at radius 2 is 2.08 bits per heavy atom. The zero-order valence-corrected chi connectivity index (χ0v) is 6.69. The summed E-state index contributed by atoms with van der Waals surface area (Å²) in [6.45, 7) is 1.12. The third-order valence-corrected chi connectivity index (χ3v) is 2.16. The number of nitrogens with one attached hydrogen (secondary N) is 1. The minimum absolute atomic E-state index is 0.298.